The summed E-state index contributed by atoms with van der Waals surface area (Å²) in [5.74, 6) is 1.02. The van der Waals surface area contributed by atoms with Crippen molar-refractivity contribution in [1.29, 1.82) is 0 Å². The van der Waals surface area contributed by atoms with E-state index in [1.807, 2.05) is 17.9 Å². The maximum absolute atomic E-state index is 4.99. The lowest BCUT2D eigenvalue weighted by atomic mass is 10.1. The van der Waals surface area contributed by atoms with Crippen molar-refractivity contribution in [1.82, 2.24) is 29.8 Å². The van der Waals surface area contributed by atoms with Gasteiger partial charge < -0.3 is 15.1 Å². The van der Waals surface area contributed by atoms with Crippen LogP contribution in [-0.2, 0) is 13.6 Å². The normalized spacial score (nSPS) is 17.0. The van der Waals surface area contributed by atoms with Crippen molar-refractivity contribution < 1.29 is 0 Å². The van der Waals surface area contributed by atoms with Crippen molar-refractivity contribution in [2.24, 2.45) is 12.0 Å². The van der Waals surface area contributed by atoms with E-state index in [0.717, 1.165) is 45.2 Å². The Hall–Kier alpha value is -2.38. The van der Waals surface area contributed by atoms with Gasteiger partial charge in [0.15, 0.2) is 5.96 Å². The molecule has 1 fully saturated rings. The zero-order valence-corrected chi connectivity index (χ0v) is 18.3. The van der Waals surface area contributed by atoms with Crippen LogP contribution in [0.2, 0.25) is 0 Å². The molecule has 1 aromatic heterocycles. The van der Waals surface area contributed by atoms with E-state index in [4.69, 9.17) is 4.99 Å². The number of hydrogen-bond acceptors (Lipinski definition) is 4. The summed E-state index contributed by atoms with van der Waals surface area (Å²) in [6, 6.07) is 10.9. The van der Waals surface area contributed by atoms with Gasteiger partial charge in [0.05, 0.1) is 18.8 Å². The Balaban J connectivity index is 1.60. The predicted molar refractivity (Wildman–Crippen MR) is 119 cm³/mol. The van der Waals surface area contributed by atoms with E-state index in [2.05, 4.69) is 82.7 Å². The third-order valence-electron chi connectivity index (χ3n) is 5.40. The largest absolute Gasteiger partial charge is 0.357 e. The van der Waals surface area contributed by atoms with Crippen molar-refractivity contribution in [3.8, 4) is 0 Å². The second-order valence-electron chi connectivity index (χ2n) is 7.87. The molecular weight excluding hydrogens is 362 g/mol. The number of likely N-dealkylation sites (N-methyl/N-ethyl adjacent to an activating group) is 1. The van der Waals surface area contributed by atoms with Gasteiger partial charge in [-0.15, -0.1) is 0 Å². The fraction of sp³-hybridized carbons (Fsp3) is 0.545. The number of rotatable bonds is 7. The van der Waals surface area contributed by atoms with Crippen LogP contribution in [0, 0.1) is 0 Å². The molecular formula is C22H35N7. The number of piperazine rings is 1. The van der Waals surface area contributed by atoms with Gasteiger partial charge >= 0.3 is 0 Å². The SMILES string of the molecule is CCNC(=NCC(c1cnn(C)c1)N(C)C)N1CCN(Cc2ccccc2)CC1. The molecule has 1 aliphatic heterocycles. The Bertz CT molecular complexity index is 760. The molecule has 0 bridgehead atoms. The molecule has 0 amide bonds. The highest BCUT2D eigenvalue weighted by atomic mass is 15.3. The molecule has 0 aliphatic carbocycles. The standard InChI is InChI=1S/C22H35N7/c1-5-23-22(24-16-21(26(2)3)20-15-25-27(4)18-20)29-13-11-28(12-14-29)17-19-9-7-6-8-10-19/h6-10,15,18,21H,5,11-14,16-17H2,1-4H3,(H,23,24). The van der Waals surface area contributed by atoms with Gasteiger partial charge in [-0.25, -0.2) is 0 Å². The molecule has 2 aromatic rings. The van der Waals surface area contributed by atoms with Crippen LogP contribution in [0.25, 0.3) is 0 Å². The van der Waals surface area contributed by atoms with E-state index in [-0.39, 0.29) is 6.04 Å². The van der Waals surface area contributed by atoms with Gasteiger partial charge in [0, 0.05) is 58.1 Å². The maximum atomic E-state index is 4.99. The first-order valence-electron chi connectivity index (χ1n) is 10.5. The number of benzene rings is 1. The van der Waals surface area contributed by atoms with Crippen LogP contribution < -0.4 is 5.32 Å². The van der Waals surface area contributed by atoms with Crippen LogP contribution in [-0.4, -0.2) is 83.8 Å². The van der Waals surface area contributed by atoms with E-state index in [9.17, 15) is 0 Å². The first-order valence-corrected chi connectivity index (χ1v) is 10.5. The smallest absolute Gasteiger partial charge is 0.194 e. The summed E-state index contributed by atoms with van der Waals surface area (Å²) in [5, 5.41) is 7.81. The van der Waals surface area contributed by atoms with Crippen LogP contribution >= 0.6 is 0 Å². The van der Waals surface area contributed by atoms with Crippen LogP contribution in [0.5, 0.6) is 0 Å². The molecule has 1 aromatic carbocycles. The fourth-order valence-electron chi connectivity index (χ4n) is 3.74. The molecule has 1 atom stereocenters. The summed E-state index contributed by atoms with van der Waals surface area (Å²) >= 11 is 0. The van der Waals surface area contributed by atoms with Crippen LogP contribution in [0.15, 0.2) is 47.7 Å². The first-order chi connectivity index (χ1) is 14.1. The lowest BCUT2D eigenvalue weighted by Crippen LogP contribution is -2.52. The number of aromatic nitrogens is 2. The van der Waals surface area contributed by atoms with Crippen LogP contribution in [0.4, 0.5) is 0 Å². The van der Waals surface area contributed by atoms with Crippen molar-refractivity contribution in [3.05, 3.63) is 53.9 Å². The number of aryl methyl sites for hydroxylation is 1. The number of nitrogens with zero attached hydrogens (tertiary/aromatic N) is 6. The van der Waals surface area contributed by atoms with E-state index in [1.165, 1.54) is 11.1 Å². The number of nitrogens with one attached hydrogen (secondary N) is 1. The van der Waals surface area contributed by atoms with Gasteiger partial charge in [0.25, 0.3) is 0 Å². The molecule has 0 spiro atoms. The average molecular weight is 398 g/mol. The van der Waals surface area contributed by atoms with Gasteiger partial charge in [-0.1, -0.05) is 30.3 Å². The predicted octanol–water partition coefficient (Wildman–Crippen LogP) is 1.81. The van der Waals surface area contributed by atoms with Gasteiger partial charge in [-0.05, 0) is 26.6 Å². The minimum Gasteiger partial charge on any atom is -0.357 e. The Morgan fingerprint density at radius 1 is 1.17 bits per heavy atom. The Morgan fingerprint density at radius 3 is 2.48 bits per heavy atom. The quantitative estimate of drug-likeness (QED) is 0.570. The van der Waals surface area contributed by atoms with Gasteiger partial charge in [0.1, 0.15) is 0 Å². The van der Waals surface area contributed by atoms with Crippen molar-refractivity contribution in [2.75, 3.05) is 53.4 Å². The van der Waals surface area contributed by atoms with Crippen molar-refractivity contribution >= 4 is 5.96 Å². The second kappa shape index (κ2) is 10.4. The zero-order chi connectivity index (χ0) is 20.6. The highest BCUT2D eigenvalue weighted by molar-refractivity contribution is 5.80. The minimum atomic E-state index is 0.219. The highest BCUT2D eigenvalue weighted by Crippen LogP contribution is 2.18. The van der Waals surface area contributed by atoms with Gasteiger partial charge in [0.2, 0.25) is 0 Å². The molecule has 1 aliphatic rings. The topological polar surface area (TPSA) is 51.9 Å². The average Bonchev–Trinajstić information content (AvgIpc) is 3.14. The molecule has 1 unspecified atom stereocenters. The molecule has 7 heteroatoms. The summed E-state index contributed by atoms with van der Waals surface area (Å²) in [7, 11) is 6.16. The first kappa shape index (κ1) is 21.3. The monoisotopic (exact) mass is 397 g/mol. The van der Waals surface area contributed by atoms with Crippen LogP contribution in [0.1, 0.15) is 24.1 Å². The van der Waals surface area contributed by atoms with E-state index in [1.54, 1.807) is 0 Å². The fourth-order valence-corrected chi connectivity index (χ4v) is 3.74. The molecule has 1 saturated heterocycles. The number of hydrogen-bond donors (Lipinski definition) is 1. The Kier molecular flexibility index (Phi) is 7.66. The third-order valence-corrected chi connectivity index (χ3v) is 5.40. The highest BCUT2D eigenvalue weighted by Gasteiger charge is 2.21. The summed E-state index contributed by atoms with van der Waals surface area (Å²) in [6.45, 7) is 8.85. The Morgan fingerprint density at radius 2 is 1.90 bits per heavy atom. The lowest BCUT2D eigenvalue weighted by molar-refractivity contribution is 0.172. The Labute approximate surface area is 175 Å². The lowest BCUT2D eigenvalue weighted by Gasteiger charge is -2.36. The summed E-state index contributed by atoms with van der Waals surface area (Å²) in [5.41, 5.74) is 2.58. The van der Waals surface area contributed by atoms with E-state index >= 15 is 0 Å². The second-order valence-corrected chi connectivity index (χ2v) is 7.87. The number of guanidine groups is 1. The van der Waals surface area contributed by atoms with Crippen LogP contribution in [0.3, 0.4) is 0 Å². The minimum absolute atomic E-state index is 0.219. The summed E-state index contributed by atoms with van der Waals surface area (Å²) < 4.78 is 1.85. The molecule has 1 N–H and O–H groups in total. The van der Waals surface area contributed by atoms with Gasteiger partial charge in [-0.3, -0.25) is 14.6 Å². The molecule has 3 rings (SSSR count). The third kappa shape index (κ3) is 6.05. The van der Waals surface area contributed by atoms with E-state index in [0.29, 0.717) is 6.54 Å². The molecule has 2 heterocycles. The summed E-state index contributed by atoms with van der Waals surface area (Å²) in [6.07, 6.45) is 4.02. The van der Waals surface area contributed by atoms with Gasteiger partial charge in [-0.2, -0.15) is 5.10 Å². The number of aliphatic imine (C=N–C) groups is 1. The molecule has 7 nitrogen and oxygen atoms in total. The van der Waals surface area contributed by atoms with Crippen molar-refractivity contribution in [3.63, 3.8) is 0 Å². The molecule has 0 saturated carbocycles. The molecule has 29 heavy (non-hydrogen) atoms. The molecule has 158 valence electrons. The van der Waals surface area contributed by atoms with E-state index < -0.39 is 0 Å². The zero-order valence-electron chi connectivity index (χ0n) is 18.3. The van der Waals surface area contributed by atoms with Crippen molar-refractivity contribution in [2.45, 2.75) is 19.5 Å². The molecule has 0 radical (unpaired) electrons. The summed E-state index contributed by atoms with van der Waals surface area (Å²) in [4.78, 5) is 12.1. The maximum Gasteiger partial charge on any atom is 0.194 e.